The highest BCUT2D eigenvalue weighted by molar-refractivity contribution is 8.00. The van der Waals surface area contributed by atoms with Crippen LogP contribution in [0, 0.1) is 18.3 Å². The number of amides is 1. The first-order valence-electron chi connectivity index (χ1n) is 7.23. The molecule has 21 heavy (non-hydrogen) atoms. The van der Waals surface area contributed by atoms with Gasteiger partial charge in [0.2, 0.25) is 11.1 Å². The van der Waals surface area contributed by atoms with Gasteiger partial charge in [-0.1, -0.05) is 31.0 Å². The van der Waals surface area contributed by atoms with Gasteiger partial charge in [-0.25, -0.2) is 4.98 Å². The molecule has 7 heteroatoms. The fourth-order valence-electron chi connectivity index (χ4n) is 2.73. The second-order valence-electron chi connectivity index (χ2n) is 5.56. The maximum atomic E-state index is 12.6. The Morgan fingerprint density at radius 1 is 1.48 bits per heavy atom. The van der Waals surface area contributed by atoms with E-state index in [0.717, 1.165) is 37.9 Å². The van der Waals surface area contributed by atoms with Crippen LogP contribution in [0.2, 0.25) is 0 Å². The maximum Gasteiger partial charge on any atom is 0.236 e. The van der Waals surface area contributed by atoms with Gasteiger partial charge in [-0.15, -0.1) is 5.10 Å². The zero-order valence-electron chi connectivity index (χ0n) is 12.7. The average Bonchev–Trinajstić information content (AvgIpc) is 2.91. The van der Waals surface area contributed by atoms with Crippen LogP contribution in [0.15, 0.2) is 5.16 Å². The summed E-state index contributed by atoms with van der Waals surface area (Å²) < 4.78 is 0. The number of hydrogen-bond acceptors (Lipinski definition) is 5. The fraction of sp³-hybridized carbons (Fsp3) is 0.714. The van der Waals surface area contributed by atoms with E-state index in [1.54, 1.807) is 11.9 Å². The molecule has 1 atom stereocenters. The molecule has 0 bridgehead atoms. The summed E-state index contributed by atoms with van der Waals surface area (Å²) >= 11 is 1.32. The number of aryl methyl sites for hydroxylation is 1. The molecule has 0 unspecified atom stereocenters. The Labute approximate surface area is 129 Å². The zero-order valence-corrected chi connectivity index (χ0v) is 13.5. The highest BCUT2D eigenvalue weighted by Gasteiger charge is 2.40. The normalized spacial score (nSPS) is 18.8. The van der Waals surface area contributed by atoms with Crippen molar-refractivity contribution in [2.75, 3.05) is 7.05 Å². The van der Waals surface area contributed by atoms with Crippen LogP contribution in [0.1, 0.15) is 44.9 Å². The molecule has 1 aromatic heterocycles. The van der Waals surface area contributed by atoms with Crippen molar-refractivity contribution in [1.82, 2.24) is 20.1 Å². The van der Waals surface area contributed by atoms with E-state index in [1.807, 2.05) is 13.8 Å². The molecular formula is C14H21N5OS. The molecule has 1 heterocycles. The Morgan fingerprint density at radius 3 is 2.67 bits per heavy atom. The summed E-state index contributed by atoms with van der Waals surface area (Å²) in [6.45, 7) is 3.66. The summed E-state index contributed by atoms with van der Waals surface area (Å²) in [5.41, 5.74) is -0.640. The topological polar surface area (TPSA) is 85.7 Å². The molecule has 0 aliphatic heterocycles. The Bertz CT molecular complexity index is 544. The van der Waals surface area contributed by atoms with Gasteiger partial charge >= 0.3 is 0 Å². The number of rotatable bonds is 4. The Hall–Kier alpha value is -1.55. The largest absolute Gasteiger partial charge is 0.326 e. The van der Waals surface area contributed by atoms with Crippen molar-refractivity contribution in [2.45, 2.75) is 61.9 Å². The first kappa shape index (κ1) is 15.8. The average molecular weight is 307 g/mol. The minimum absolute atomic E-state index is 0.0362. The molecule has 1 aliphatic carbocycles. The molecule has 0 aromatic carbocycles. The molecule has 1 N–H and O–H groups in total. The number of nitrogens with zero attached hydrogens (tertiary/aromatic N) is 4. The number of nitriles is 1. The molecule has 1 saturated carbocycles. The van der Waals surface area contributed by atoms with Crippen molar-refractivity contribution in [3.8, 4) is 6.07 Å². The number of hydrogen-bond donors (Lipinski definition) is 1. The van der Waals surface area contributed by atoms with Crippen LogP contribution in [-0.2, 0) is 4.79 Å². The Balaban J connectivity index is 2.05. The third-order valence-corrected chi connectivity index (χ3v) is 5.02. The predicted octanol–water partition coefficient (Wildman–Crippen LogP) is 2.28. The number of thioether (sulfide) groups is 1. The number of nitrogens with one attached hydrogen (secondary N) is 1. The number of aromatic nitrogens is 3. The third-order valence-electron chi connectivity index (χ3n) is 4.07. The van der Waals surface area contributed by atoms with Gasteiger partial charge in [-0.3, -0.25) is 9.89 Å². The lowest BCUT2D eigenvalue weighted by Crippen LogP contribution is -2.52. The van der Waals surface area contributed by atoms with Gasteiger partial charge in [0.25, 0.3) is 0 Å². The van der Waals surface area contributed by atoms with Crippen molar-refractivity contribution in [1.29, 1.82) is 5.26 Å². The van der Waals surface area contributed by atoms with Crippen LogP contribution < -0.4 is 0 Å². The van der Waals surface area contributed by atoms with Crippen LogP contribution in [0.5, 0.6) is 0 Å². The lowest BCUT2D eigenvalue weighted by molar-refractivity contribution is -0.133. The summed E-state index contributed by atoms with van der Waals surface area (Å²) in [6, 6.07) is 2.38. The van der Waals surface area contributed by atoms with E-state index in [-0.39, 0.29) is 11.2 Å². The third kappa shape index (κ3) is 3.38. The van der Waals surface area contributed by atoms with Crippen molar-refractivity contribution in [2.24, 2.45) is 0 Å². The standard InChI is InChI=1S/C14H21N5OS/c1-10(21-13-16-11(2)17-18-13)12(20)19(3)14(9-15)7-5-4-6-8-14/h10H,4-8H2,1-3H3,(H,16,17,18)/t10-/m1/s1. The molecule has 0 spiro atoms. The summed E-state index contributed by atoms with van der Waals surface area (Å²) in [5, 5.41) is 16.6. The zero-order chi connectivity index (χ0) is 15.5. The summed E-state index contributed by atoms with van der Waals surface area (Å²) in [7, 11) is 1.75. The second kappa shape index (κ2) is 6.48. The Kier molecular flexibility index (Phi) is 4.88. The molecule has 1 aromatic rings. The molecular weight excluding hydrogens is 286 g/mol. The number of carbonyl (C=O) groups excluding carboxylic acids is 1. The molecule has 1 fully saturated rings. The summed E-state index contributed by atoms with van der Waals surface area (Å²) in [4.78, 5) is 18.5. The van der Waals surface area contributed by atoms with Crippen molar-refractivity contribution < 1.29 is 4.79 Å². The first-order valence-corrected chi connectivity index (χ1v) is 8.11. The number of H-pyrrole nitrogens is 1. The number of aromatic amines is 1. The van der Waals surface area contributed by atoms with E-state index in [9.17, 15) is 10.1 Å². The minimum Gasteiger partial charge on any atom is -0.326 e. The van der Waals surface area contributed by atoms with E-state index < -0.39 is 5.54 Å². The smallest absolute Gasteiger partial charge is 0.236 e. The van der Waals surface area contributed by atoms with Crippen LogP contribution in [0.4, 0.5) is 0 Å². The molecule has 0 saturated heterocycles. The van der Waals surface area contributed by atoms with Crippen LogP contribution >= 0.6 is 11.8 Å². The van der Waals surface area contributed by atoms with Gasteiger partial charge in [-0.05, 0) is 26.7 Å². The van der Waals surface area contributed by atoms with E-state index in [1.165, 1.54) is 11.8 Å². The molecule has 1 amide bonds. The van der Waals surface area contributed by atoms with Gasteiger partial charge in [0.1, 0.15) is 11.4 Å². The van der Waals surface area contributed by atoms with Gasteiger partial charge in [0.05, 0.1) is 11.3 Å². The minimum atomic E-state index is -0.640. The van der Waals surface area contributed by atoms with Gasteiger partial charge < -0.3 is 4.90 Å². The highest BCUT2D eigenvalue weighted by atomic mass is 32.2. The van der Waals surface area contributed by atoms with E-state index in [0.29, 0.717) is 5.16 Å². The van der Waals surface area contributed by atoms with E-state index in [2.05, 4.69) is 21.3 Å². The maximum absolute atomic E-state index is 12.6. The Morgan fingerprint density at radius 2 is 2.14 bits per heavy atom. The van der Waals surface area contributed by atoms with Crippen molar-refractivity contribution in [3.63, 3.8) is 0 Å². The van der Waals surface area contributed by atoms with Gasteiger partial charge in [0, 0.05) is 7.05 Å². The van der Waals surface area contributed by atoms with Crippen LogP contribution in [0.3, 0.4) is 0 Å². The highest BCUT2D eigenvalue weighted by Crippen LogP contribution is 2.34. The monoisotopic (exact) mass is 307 g/mol. The lowest BCUT2D eigenvalue weighted by atomic mass is 9.81. The fourth-order valence-corrected chi connectivity index (χ4v) is 3.59. The second-order valence-corrected chi connectivity index (χ2v) is 6.87. The van der Waals surface area contributed by atoms with Crippen molar-refractivity contribution >= 4 is 17.7 Å². The van der Waals surface area contributed by atoms with Gasteiger partial charge in [0.15, 0.2) is 0 Å². The molecule has 114 valence electrons. The van der Waals surface area contributed by atoms with Crippen LogP contribution in [0.25, 0.3) is 0 Å². The molecule has 0 radical (unpaired) electrons. The van der Waals surface area contributed by atoms with E-state index in [4.69, 9.17) is 0 Å². The molecule has 6 nitrogen and oxygen atoms in total. The quantitative estimate of drug-likeness (QED) is 0.862. The van der Waals surface area contributed by atoms with Crippen LogP contribution in [-0.4, -0.2) is 43.8 Å². The SMILES string of the molecule is Cc1nc(S[C@H](C)C(=O)N(C)C2(C#N)CCCCC2)n[nH]1. The van der Waals surface area contributed by atoms with Crippen molar-refractivity contribution in [3.05, 3.63) is 5.82 Å². The number of carbonyl (C=O) groups is 1. The van der Waals surface area contributed by atoms with Gasteiger partial charge in [-0.2, -0.15) is 5.26 Å². The molecule has 1 aliphatic rings. The predicted molar refractivity (Wildman–Crippen MR) is 80.6 cm³/mol. The molecule has 2 rings (SSSR count). The first-order chi connectivity index (χ1) is 9.98. The summed E-state index contributed by atoms with van der Waals surface area (Å²) in [6.07, 6.45) is 4.69. The van der Waals surface area contributed by atoms with E-state index >= 15 is 0 Å². The summed E-state index contributed by atoms with van der Waals surface area (Å²) in [5.74, 6) is 0.692. The lowest BCUT2D eigenvalue weighted by Gasteiger charge is -2.39.